The molecule has 6 heterocycles. The normalized spacial score (nSPS) is 20.6. The van der Waals surface area contributed by atoms with Gasteiger partial charge < -0.3 is 65.4 Å². The highest BCUT2D eigenvalue weighted by molar-refractivity contribution is 9.09. The van der Waals surface area contributed by atoms with Crippen LogP contribution in [0.1, 0.15) is 244 Å². The third kappa shape index (κ3) is 28.7. The van der Waals surface area contributed by atoms with Gasteiger partial charge in [0.1, 0.15) is 34.7 Å². The van der Waals surface area contributed by atoms with Crippen LogP contribution in [-0.4, -0.2) is 160 Å². The molecule has 0 bridgehead atoms. The molecule has 2 aromatic heterocycles. The lowest BCUT2D eigenvalue weighted by Crippen LogP contribution is -2.50. The number of ether oxygens (including phenoxy) is 2. The molecule has 4 saturated heterocycles. The number of para-hydroxylation sites is 2. The monoisotopic (exact) mass is 1530 g/mol. The van der Waals surface area contributed by atoms with Crippen LogP contribution in [0.5, 0.6) is 0 Å². The van der Waals surface area contributed by atoms with E-state index in [2.05, 4.69) is 93.4 Å². The minimum Gasteiger partial charge on any atom is -0.444 e. The van der Waals surface area contributed by atoms with Gasteiger partial charge in [-0.05, 0) is 256 Å². The number of aliphatic hydroxyl groups excluding tert-OH is 1. The predicted molar refractivity (Wildman–Crippen MR) is 425 cm³/mol. The van der Waals surface area contributed by atoms with Gasteiger partial charge >= 0.3 is 12.2 Å². The first-order valence-electron chi connectivity index (χ1n) is 40.5. The van der Waals surface area contributed by atoms with Gasteiger partial charge in [-0.15, -0.1) is 0 Å². The molecular formula is C84H131BrN12O9. The fourth-order valence-corrected chi connectivity index (χ4v) is 16.2. The number of nitriles is 2. The van der Waals surface area contributed by atoms with Gasteiger partial charge in [-0.1, -0.05) is 106 Å². The second-order valence-corrected chi connectivity index (χ2v) is 34.4. The van der Waals surface area contributed by atoms with Crippen molar-refractivity contribution in [1.82, 2.24) is 50.8 Å². The van der Waals surface area contributed by atoms with Crippen molar-refractivity contribution < 1.29 is 43.3 Å². The second-order valence-electron chi connectivity index (χ2n) is 33.6. The Morgan fingerprint density at radius 2 is 0.887 bits per heavy atom. The van der Waals surface area contributed by atoms with Crippen molar-refractivity contribution in [2.45, 2.75) is 272 Å². The summed E-state index contributed by atoms with van der Waals surface area (Å²) >= 11 is 3.46. The van der Waals surface area contributed by atoms with Crippen LogP contribution in [0.25, 0.3) is 21.8 Å². The third-order valence-electron chi connectivity index (χ3n) is 21.7. The van der Waals surface area contributed by atoms with Crippen LogP contribution in [0.15, 0.2) is 60.7 Å². The number of fused-ring (bicyclic) bond motifs is 2. The van der Waals surface area contributed by atoms with E-state index in [1.165, 1.54) is 51.4 Å². The van der Waals surface area contributed by atoms with Crippen LogP contribution in [0.3, 0.4) is 0 Å². The summed E-state index contributed by atoms with van der Waals surface area (Å²) in [5.41, 5.74) is 2.70. The van der Waals surface area contributed by atoms with Crippen molar-refractivity contribution in [1.29, 1.82) is 10.5 Å². The first-order valence-corrected chi connectivity index (χ1v) is 41.6. The van der Waals surface area contributed by atoms with E-state index in [0.29, 0.717) is 55.1 Å². The molecule has 6 atom stereocenters. The molecule has 6 amide bonds. The summed E-state index contributed by atoms with van der Waals surface area (Å²) in [5, 5.41) is 50.4. The fraction of sp³-hybridized carbons (Fsp3) is 0.714. The van der Waals surface area contributed by atoms with Crippen molar-refractivity contribution in [3.8, 4) is 12.1 Å². The zero-order valence-electron chi connectivity index (χ0n) is 65.9. The van der Waals surface area contributed by atoms with Crippen molar-refractivity contribution in [3.05, 3.63) is 72.1 Å². The number of nitrogens with one attached hydrogen (secondary N) is 6. The first-order chi connectivity index (χ1) is 50.8. The van der Waals surface area contributed by atoms with E-state index < -0.39 is 17.7 Å². The maximum atomic E-state index is 13.6. The minimum atomic E-state index is -0.492. The van der Waals surface area contributed by atoms with Gasteiger partial charge in [-0.2, -0.15) is 10.5 Å². The average Bonchev–Trinajstić information content (AvgIpc) is 1.64. The molecule has 22 heteroatoms. The number of carbonyl (C=O) groups excluding carboxylic acids is 6. The van der Waals surface area contributed by atoms with Gasteiger partial charge in [-0.25, -0.2) is 9.59 Å². The number of aryl methyl sites for hydroxylation is 2. The summed E-state index contributed by atoms with van der Waals surface area (Å²) in [6.07, 6.45) is 23.6. The number of hydrogen-bond donors (Lipinski definition) is 7. The van der Waals surface area contributed by atoms with Gasteiger partial charge in [-0.3, -0.25) is 19.2 Å². The lowest BCUT2D eigenvalue weighted by Gasteiger charge is -2.33. The molecule has 6 aliphatic rings. The number of benzene rings is 2. The maximum Gasteiger partial charge on any atom is 0.410 e. The Bertz CT molecular complexity index is 3270. The Kier molecular flexibility index (Phi) is 36.0. The van der Waals surface area contributed by atoms with Crippen LogP contribution < -0.4 is 31.9 Å². The van der Waals surface area contributed by atoms with E-state index in [9.17, 15) is 39.3 Å². The average molecular weight is 1530 g/mol. The number of nitrogens with zero attached hydrogens (tertiary/aromatic N) is 6. The third-order valence-corrected chi connectivity index (χ3v) is 22.3. The van der Waals surface area contributed by atoms with Gasteiger partial charge in [0, 0.05) is 85.1 Å². The number of alkyl halides is 1. The number of piperidine rings is 4. The van der Waals surface area contributed by atoms with Gasteiger partial charge in [0.2, 0.25) is 11.8 Å². The highest BCUT2D eigenvalue weighted by Crippen LogP contribution is 2.32. The molecule has 4 aromatic rings. The molecule has 10 rings (SSSR count). The Morgan fingerprint density at radius 1 is 0.528 bits per heavy atom. The lowest BCUT2D eigenvalue weighted by atomic mass is 9.83. The summed E-state index contributed by atoms with van der Waals surface area (Å²) in [4.78, 5) is 80.6. The van der Waals surface area contributed by atoms with E-state index >= 15 is 0 Å². The molecule has 2 saturated carbocycles. The predicted octanol–water partition coefficient (Wildman–Crippen LogP) is 15.0. The number of amides is 6. The van der Waals surface area contributed by atoms with E-state index in [0.717, 1.165) is 187 Å². The van der Waals surface area contributed by atoms with E-state index in [1.807, 2.05) is 111 Å². The molecule has 588 valence electrons. The van der Waals surface area contributed by atoms with E-state index in [1.54, 1.807) is 4.90 Å². The molecule has 0 radical (unpaired) electrons. The summed E-state index contributed by atoms with van der Waals surface area (Å²) in [7, 11) is 0. The standard InChI is InChI=1S/2C30H43N5O2.C13H24BrNO2.C11H21NO3/c2*1-21(2)18-24(20-31)33-29(36)25-10-4-5-11-26(25)34-30(37)28-19-23-9-3-6-12-27(23)35(28)17-7-8-22-13-15-32-16-14-22;1-13(2,3)17-12(16)15-9-6-11(7-10-15)5-4-8-14;1-11(2,3)15-10(14)12-6-4-9(8-13)5-7-12/h2*3,6,9,12,19,21-22,24-26,32H,4-5,7-8,10-11,13-18H2,1-2H3,(H,33,36)(H,34,37);11H,4-10H2,1-3H3;9,13H,4-8H2,1-3H3/t2*24-,25+,26-;;/m00../s1. The Hall–Kier alpha value is -6.72. The largest absolute Gasteiger partial charge is 0.444 e. The Labute approximate surface area is 642 Å². The molecule has 2 aromatic carbocycles. The zero-order valence-corrected chi connectivity index (χ0v) is 67.5. The van der Waals surface area contributed by atoms with Crippen molar-refractivity contribution in [2.24, 2.45) is 47.3 Å². The fourth-order valence-electron chi connectivity index (χ4n) is 15.9. The zero-order chi connectivity index (χ0) is 76.8. The molecule has 0 unspecified atom stereocenters. The van der Waals surface area contributed by atoms with Crippen molar-refractivity contribution >= 4 is 73.6 Å². The maximum absolute atomic E-state index is 13.6. The van der Waals surface area contributed by atoms with Crippen LogP contribution in [0.4, 0.5) is 9.59 Å². The number of aliphatic hydroxyl groups is 1. The van der Waals surface area contributed by atoms with E-state index in [4.69, 9.17) is 14.6 Å². The Morgan fingerprint density at radius 3 is 1.25 bits per heavy atom. The van der Waals surface area contributed by atoms with Crippen LogP contribution in [0, 0.1) is 70.0 Å². The van der Waals surface area contributed by atoms with Crippen molar-refractivity contribution in [3.63, 3.8) is 0 Å². The van der Waals surface area contributed by atoms with Crippen LogP contribution in [-0.2, 0) is 32.2 Å². The van der Waals surface area contributed by atoms with E-state index in [-0.39, 0.29) is 71.9 Å². The molecule has 4 aliphatic heterocycles. The van der Waals surface area contributed by atoms with Crippen LogP contribution in [0.2, 0.25) is 0 Å². The Balaban J connectivity index is 0.000000212. The molecule has 21 nitrogen and oxygen atoms in total. The number of halogens is 1. The van der Waals surface area contributed by atoms with Gasteiger partial charge in [0.25, 0.3) is 11.8 Å². The molecule has 0 spiro atoms. The molecular weight excluding hydrogens is 1400 g/mol. The quantitative estimate of drug-likeness (QED) is 0.0322. The van der Waals surface area contributed by atoms with Crippen LogP contribution >= 0.6 is 15.9 Å². The highest BCUT2D eigenvalue weighted by atomic mass is 79.9. The molecule has 106 heavy (non-hydrogen) atoms. The second kappa shape index (κ2) is 44.1. The molecule has 6 fully saturated rings. The van der Waals surface area contributed by atoms with Gasteiger partial charge in [0.05, 0.1) is 24.0 Å². The first kappa shape index (κ1) is 86.5. The molecule has 2 aliphatic carbocycles. The molecule has 7 N–H and O–H groups in total. The smallest absolute Gasteiger partial charge is 0.410 e. The number of likely N-dealkylation sites (tertiary alicyclic amines) is 2. The van der Waals surface area contributed by atoms with Crippen molar-refractivity contribution in [2.75, 3.05) is 64.3 Å². The lowest BCUT2D eigenvalue weighted by molar-refractivity contribution is -0.128. The highest BCUT2D eigenvalue weighted by Gasteiger charge is 2.37. The number of aromatic nitrogens is 2. The summed E-state index contributed by atoms with van der Waals surface area (Å²) in [5.74, 6) is 2.24. The topological polar surface area (TPSA) is 277 Å². The van der Waals surface area contributed by atoms with Gasteiger partial charge in [0.15, 0.2) is 0 Å². The minimum absolute atomic E-state index is 0.109. The number of hydrogen-bond acceptors (Lipinski definition) is 13. The summed E-state index contributed by atoms with van der Waals surface area (Å²) < 4.78 is 15.0. The summed E-state index contributed by atoms with van der Waals surface area (Å²) in [6, 6.07) is 23.4. The summed E-state index contributed by atoms with van der Waals surface area (Å²) in [6.45, 7) is 28.9. The number of rotatable bonds is 24. The number of carbonyl (C=O) groups is 6. The SMILES string of the molecule is CC(C)(C)OC(=O)N1CCC(CCCBr)CC1.CC(C)(C)OC(=O)N1CCC(CO)CC1.CC(C)C[C@@H](C#N)NC(=O)[C@@H]1CCCC[C@@H]1NC(=O)c1cc2ccccc2n1CCCC1CCNCC1.CC(C)C[C@@H](C#N)NC(=O)[C@@H]1CCCC[C@@H]1NC(=O)c1cc2ccccc2n1CCCC1CCNCC1.